The first kappa shape index (κ1) is 21.6. The number of thiophene rings is 1. The van der Waals surface area contributed by atoms with Gasteiger partial charge in [0.2, 0.25) is 5.89 Å². The summed E-state index contributed by atoms with van der Waals surface area (Å²) in [5, 5.41) is 5.34. The summed E-state index contributed by atoms with van der Waals surface area (Å²) in [4.78, 5) is 14.2. The molecule has 154 valence electrons. The number of guanidine groups is 1. The average molecular weight is 527 g/mol. The summed E-state index contributed by atoms with van der Waals surface area (Å²) >= 11 is 1.60. The van der Waals surface area contributed by atoms with Crippen molar-refractivity contribution in [2.24, 2.45) is 4.99 Å². The molecule has 9 heteroatoms. The van der Waals surface area contributed by atoms with Gasteiger partial charge >= 0.3 is 0 Å². The molecule has 1 N–H and O–H groups in total. The van der Waals surface area contributed by atoms with E-state index in [1.165, 1.54) is 6.07 Å². The summed E-state index contributed by atoms with van der Waals surface area (Å²) < 4.78 is 19.6. The molecule has 1 aromatic carbocycles. The van der Waals surface area contributed by atoms with Gasteiger partial charge in [-0.1, -0.05) is 18.2 Å². The molecule has 1 saturated heterocycles. The van der Waals surface area contributed by atoms with Crippen LogP contribution in [0.2, 0.25) is 0 Å². The Labute approximate surface area is 190 Å². The lowest BCUT2D eigenvalue weighted by atomic mass is 10.2. The highest BCUT2D eigenvalue weighted by molar-refractivity contribution is 14.0. The highest BCUT2D eigenvalue weighted by Gasteiger charge is 2.21. The van der Waals surface area contributed by atoms with Crippen LogP contribution < -0.4 is 10.2 Å². The van der Waals surface area contributed by atoms with Gasteiger partial charge in [-0.05, 0) is 23.6 Å². The van der Waals surface area contributed by atoms with Crippen LogP contribution in [0.15, 0.2) is 57.5 Å². The van der Waals surface area contributed by atoms with Crippen molar-refractivity contribution in [2.75, 3.05) is 38.1 Å². The Balaban J connectivity index is 0.00000240. The minimum Gasteiger partial charge on any atom is -0.443 e. The number of hydrogen-bond acceptors (Lipinski definition) is 5. The van der Waals surface area contributed by atoms with Gasteiger partial charge in [0.1, 0.15) is 12.1 Å². The second kappa shape index (κ2) is 10.1. The predicted molar refractivity (Wildman–Crippen MR) is 126 cm³/mol. The molecule has 1 fully saturated rings. The molecule has 0 radical (unpaired) electrons. The lowest BCUT2D eigenvalue weighted by molar-refractivity contribution is 0.370. The van der Waals surface area contributed by atoms with Gasteiger partial charge in [0.25, 0.3) is 0 Å². The van der Waals surface area contributed by atoms with Gasteiger partial charge in [0, 0.05) is 33.2 Å². The molecule has 29 heavy (non-hydrogen) atoms. The van der Waals surface area contributed by atoms with Crippen LogP contribution in [0, 0.1) is 5.82 Å². The normalized spacial score (nSPS) is 14.6. The van der Waals surface area contributed by atoms with Gasteiger partial charge < -0.3 is 19.5 Å². The van der Waals surface area contributed by atoms with E-state index in [2.05, 4.69) is 25.1 Å². The van der Waals surface area contributed by atoms with Crippen LogP contribution in [0.1, 0.15) is 5.69 Å². The largest absolute Gasteiger partial charge is 0.443 e. The number of oxazole rings is 1. The first-order valence-electron chi connectivity index (χ1n) is 9.18. The Kier molecular flexibility index (Phi) is 7.48. The Morgan fingerprint density at radius 1 is 1.21 bits per heavy atom. The van der Waals surface area contributed by atoms with E-state index in [0.29, 0.717) is 18.1 Å². The molecular weight excluding hydrogens is 504 g/mol. The quantitative estimate of drug-likeness (QED) is 0.315. The third-order valence-corrected chi connectivity index (χ3v) is 5.55. The van der Waals surface area contributed by atoms with Crippen molar-refractivity contribution in [1.82, 2.24) is 15.2 Å². The van der Waals surface area contributed by atoms with Crippen LogP contribution >= 0.6 is 35.3 Å². The second-order valence-electron chi connectivity index (χ2n) is 6.45. The van der Waals surface area contributed by atoms with Crippen LogP contribution in [-0.4, -0.2) is 49.1 Å². The number of aliphatic imine (C=N–C) groups is 1. The number of aromatic nitrogens is 1. The summed E-state index contributed by atoms with van der Waals surface area (Å²) in [6, 6.07) is 10.9. The van der Waals surface area contributed by atoms with Gasteiger partial charge in [-0.25, -0.2) is 9.37 Å². The molecule has 0 spiro atoms. The smallest absolute Gasteiger partial charge is 0.236 e. The molecule has 0 amide bonds. The third kappa shape index (κ3) is 5.08. The zero-order chi connectivity index (χ0) is 19.3. The van der Waals surface area contributed by atoms with Crippen molar-refractivity contribution < 1.29 is 8.81 Å². The first-order valence-corrected chi connectivity index (χ1v) is 10.1. The van der Waals surface area contributed by atoms with Crippen molar-refractivity contribution in [1.29, 1.82) is 0 Å². The maximum Gasteiger partial charge on any atom is 0.236 e. The maximum atomic E-state index is 14.0. The van der Waals surface area contributed by atoms with Crippen molar-refractivity contribution >= 4 is 47.0 Å². The van der Waals surface area contributed by atoms with Crippen molar-refractivity contribution in [3.63, 3.8) is 0 Å². The average Bonchev–Trinajstić information content (AvgIpc) is 3.41. The molecule has 0 aliphatic carbocycles. The molecule has 3 heterocycles. The molecule has 3 aromatic rings. The number of piperazine rings is 1. The zero-order valence-electron chi connectivity index (χ0n) is 16.0. The summed E-state index contributed by atoms with van der Waals surface area (Å²) in [5.74, 6) is 1.28. The van der Waals surface area contributed by atoms with E-state index in [9.17, 15) is 4.39 Å². The standard InChI is InChI=1S/C20H22FN5OS.HI/c1-22-20(23-13-15-14-27-19(24-15)18-7-4-12-28-18)26-10-8-25(9-11-26)17-6-3-2-5-16(17)21;/h2-7,12,14H,8-11,13H2,1H3,(H,22,23);1H. The van der Waals surface area contributed by atoms with Crippen LogP contribution in [0.4, 0.5) is 10.1 Å². The summed E-state index contributed by atoms with van der Waals surface area (Å²) in [6.45, 7) is 3.57. The molecule has 1 aliphatic rings. The number of rotatable bonds is 4. The van der Waals surface area contributed by atoms with E-state index in [0.717, 1.165) is 42.7 Å². The number of benzene rings is 1. The van der Waals surface area contributed by atoms with Gasteiger partial charge in [0.05, 0.1) is 22.8 Å². The predicted octanol–water partition coefficient (Wildman–Crippen LogP) is 4.06. The second-order valence-corrected chi connectivity index (χ2v) is 7.40. The van der Waals surface area contributed by atoms with E-state index in [1.807, 2.05) is 29.6 Å². The Morgan fingerprint density at radius 3 is 2.69 bits per heavy atom. The molecule has 0 bridgehead atoms. The van der Waals surface area contributed by atoms with E-state index < -0.39 is 0 Å². The number of nitrogens with zero attached hydrogens (tertiary/aromatic N) is 4. The molecule has 0 saturated carbocycles. The molecule has 4 rings (SSSR count). The molecule has 1 aliphatic heterocycles. The third-order valence-electron chi connectivity index (χ3n) is 4.70. The van der Waals surface area contributed by atoms with E-state index in [-0.39, 0.29) is 29.8 Å². The van der Waals surface area contributed by atoms with Gasteiger partial charge in [-0.15, -0.1) is 35.3 Å². The lowest BCUT2D eigenvalue weighted by Gasteiger charge is -2.37. The monoisotopic (exact) mass is 527 g/mol. The number of halogens is 2. The molecule has 0 unspecified atom stereocenters. The number of anilines is 1. The minimum absolute atomic E-state index is 0. The Hall–Kier alpha value is -2.14. The van der Waals surface area contributed by atoms with Crippen LogP contribution in [0.3, 0.4) is 0 Å². The summed E-state index contributed by atoms with van der Waals surface area (Å²) in [6.07, 6.45) is 1.67. The highest BCUT2D eigenvalue weighted by atomic mass is 127. The van der Waals surface area contributed by atoms with Gasteiger partial charge in [0.15, 0.2) is 5.96 Å². The van der Waals surface area contributed by atoms with Crippen molar-refractivity contribution in [3.8, 4) is 10.8 Å². The molecular formula is C20H23FIN5OS. The number of nitrogens with one attached hydrogen (secondary N) is 1. The molecule has 0 atom stereocenters. The van der Waals surface area contributed by atoms with E-state index in [1.54, 1.807) is 30.7 Å². The molecule has 2 aromatic heterocycles. The topological polar surface area (TPSA) is 56.9 Å². The Bertz CT molecular complexity index is 938. The molecule has 6 nitrogen and oxygen atoms in total. The minimum atomic E-state index is -0.175. The van der Waals surface area contributed by atoms with E-state index in [4.69, 9.17) is 4.42 Å². The zero-order valence-corrected chi connectivity index (χ0v) is 19.2. The lowest BCUT2D eigenvalue weighted by Crippen LogP contribution is -2.52. The highest BCUT2D eigenvalue weighted by Crippen LogP contribution is 2.23. The van der Waals surface area contributed by atoms with Gasteiger partial charge in [-0.3, -0.25) is 4.99 Å². The van der Waals surface area contributed by atoms with Gasteiger partial charge in [-0.2, -0.15) is 0 Å². The first-order chi connectivity index (χ1) is 13.7. The van der Waals surface area contributed by atoms with Crippen LogP contribution in [-0.2, 0) is 6.54 Å². The summed E-state index contributed by atoms with van der Waals surface area (Å²) in [7, 11) is 1.77. The Morgan fingerprint density at radius 2 is 2.00 bits per heavy atom. The van der Waals surface area contributed by atoms with Crippen molar-refractivity contribution in [2.45, 2.75) is 6.54 Å². The maximum absolute atomic E-state index is 14.0. The van der Waals surface area contributed by atoms with E-state index >= 15 is 0 Å². The fourth-order valence-corrected chi connectivity index (χ4v) is 3.93. The van der Waals surface area contributed by atoms with Crippen LogP contribution in [0.5, 0.6) is 0 Å². The fourth-order valence-electron chi connectivity index (χ4n) is 3.27. The summed E-state index contributed by atoms with van der Waals surface area (Å²) in [5.41, 5.74) is 1.49. The van der Waals surface area contributed by atoms with Crippen LogP contribution in [0.25, 0.3) is 10.8 Å². The fraction of sp³-hybridized carbons (Fsp3) is 0.300. The number of para-hydroxylation sites is 1. The SMILES string of the molecule is CN=C(NCc1coc(-c2cccs2)n1)N1CCN(c2ccccc2F)CC1.I. The number of hydrogen-bond donors (Lipinski definition) is 1. The van der Waals surface area contributed by atoms with Crippen molar-refractivity contribution in [3.05, 3.63) is 59.6 Å².